The molecule has 0 aromatic heterocycles. The lowest BCUT2D eigenvalue weighted by Crippen LogP contribution is -2.53. The summed E-state index contributed by atoms with van der Waals surface area (Å²) in [6, 6.07) is 6.75. The van der Waals surface area contributed by atoms with E-state index in [1.54, 1.807) is 24.3 Å². The van der Waals surface area contributed by atoms with Gasteiger partial charge in [-0.05, 0) is 42.9 Å². The van der Waals surface area contributed by atoms with Crippen LogP contribution in [0.3, 0.4) is 0 Å². The molecular formula is C15H22BrN3O2S2. The Labute approximate surface area is 152 Å². The fourth-order valence-electron chi connectivity index (χ4n) is 2.37. The fraction of sp³-hybridized carbons (Fsp3) is 0.533. The topological polar surface area (TPSA) is 52.6 Å². The predicted molar refractivity (Wildman–Crippen MR) is 100.0 cm³/mol. The summed E-state index contributed by atoms with van der Waals surface area (Å²) in [7, 11) is -3.43. The van der Waals surface area contributed by atoms with Crippen LogP contribution in [-0.4, -0.2) is 55.5 Å². The average molecular weight is 420 g/mol. The first kappa shape index (κ1) is 18.6. The molecular weight excluding hydrogens is 398 g/mol. The highest BCUT2D eigenvalue weighted by Crippen LogP contribution is 2.20. The number of sulfonamides is 1. The molecule has 2 rings (SSSR count). The Kier molecular flexibility index (Phi) is 6.82. The van der Waals surface area contributed by atoms with Gasteiger partial charge in [0.1, 0.15) is 0 Å². The van der Waals surface area contributed by atoms with E-state index in [-0.39, 0.29) is 0 Å². The lowest BCUT2D eigenvalue weighted by molar-refractivity contribution is 0.264. The van der Waals surface area contributed by atoms with Crippen molar-refractivity contribution in [2.75, 3.05) is 32.7 Å². The predicted octanol–water partition coefficient (Wildman–Crippen LogP) is 2.43. The summed E-state index contributed by atoms with van der Waals surface area (Å²) in [6.07, 6.45) is 2.20. The van der Waals surface area contributed by atoms with Gasteiger partial charge in [-0.25, -0.2) is 8.42 Å². The van der Waals surface area contributed by atoms with E-state index in [9.17, 15) is 8.42 Å². The Morgan fingerprint density at radius 3 is 2.39 bits per heavy atom. The fourth-order valence-corrected chi connectivity index (χ4v) is 4.34. The molecule has 1 fully saturated rings. The number of nitrogens with zero attached hydrogens (tertiary/aromatic N) is 2. The smallest absolute Gasteiger partial charge is 0.243 e. The Bertz CT molecular complexity index is 627. The zero-order chi connectivity index (χ0) is 16.9. The normalized spacial score (nSPS) is 16.3. The van der Waals surface area contributed by atoms with E-state index in [1.807, 2.05) is 4.90 Å². The summed E-state index contributed by atoms with van der Waals surface area (Å²) in [5.41, 5.74) is 0. The van der Waals surface area contributed by atoms with Gasteiger partial charge in [0.15, 0.2) is 5.11 Å². The summed E-state index contributed by atoms with van der Waals surface area (Å²) in [4.78, 5) is 2.37. The van der Waals surface area contributed by atoms with Crippen molar-refractivity contribution in [2.24, 2.45) is 0 Å². The molecule has 0 unspecified atom stereocenters. The molecule has 0 bridgehead atoms. The SMILES string of the molecule is CCCCNC(=S)N1CCN(S(=O)(=O)c2ccc(Br)cc2)CC1. The van der Waals surface area contributed by atoms with Crippen LogP contribution >= 0.6 is 28.1 Å². The van der Waals surface area contributed by atoms with Gasteiger partial charge in [-0.1, -0.05) is 29.3 Å². The average Bonchev–Trinajstić information content (AvgIpc) is 2.55. The summed E-state index contributed by atoms with van der Waals surface area (Å²) in [5, 5.41) is 3.95. The Morgan fingerprint density at radius 1 is 1.22 bits per heavy atom. The van der Waals surface area contributed by atoms with E-state index in [4.69, 9.17) is 12.2 Å². The lowest BCUT2D eigenvalue weighted by Gasteiger charge is -2.35. The van der Waals surface area contributed by atoms with Crippen molar-refractivity contribution >= 4 is 43.3 Å². The maximum Gasteiger partial charge on any atom is 0.243 e. The summed E-state index contributed by atoms with van der Waals surface area (Å²) in [5.74, 6) is 0. The van der Waals surface area contributed by atoms with Gasteiger partial charge in [-0.15, -0.1) is 0 Å². The molecule has 0 spiro atoms. The van der Waals surface area contributed by atoms with E-state index >= 15 is 0 Å². The molecule has 0 atom stereocenters. The molecule has 128 valence electrons. The molecule has 1 aromatic carbocycles. The van der Waals surface area contributed by atoms with Gasteiger partial charge in [0.05, 0.1) is 4.90 Å². The second kappa shape index (κ2) is 8.41. The summed E-state index contributed by atoms with van der Waals surface area (Å²) < 4.78 is 27.7. The van der Waals surface area contributed by atoms with Gasteiger partial charge in [-0.3, -0.25) is 0 Å². The van der Waals surface area contributed by atoms with Crippen LogP contribution in [0.25, 0.3) is 0 Å². The Balaban J connectivity index is 1.93. The van der Waals surface area contributed by atoms with Gasteiger partial charge in [0.2, 0.25) is 10.0 Å². The highest BCUT2D eigenvalue weighted by atomic mass is 79.9. The molecule has 1 saturated heterocycles. The molecule has 8 heteroatoms. The summed E-state index contributed by atoms with van der Waals surface area (Å²) in [6.45, 7) is 5.15. The van der Waals surface area contributed by atoms with Gasteiger partial charge >= 0.3 is 0 Å². The van der Waals surface area contributed by atoms with Gasteiger partial charge in [-0.2, -0.15) is 4.31 Å². The van der Waals surface area contributed by atoms with E-state index < -0.39 is 10.0 Å². The van der Waals surface area contributed by atoms with Crippen LogP contribution in [0, 0.1) is 0 Å². The van der Waals surface area contributed by atoms with Crippen molar-refractivity contribution in [1.82, 2.24) is 14.5 Å². The van der Waals surface area contributed by atoms with Crippen molar-refractivity contribution in [3.63, 3.8) is 0 Å². The van der Waals surface area contributed by atoms with Gasteiger partial charge in [0, 0.05) is 37.2 Å². The first-order valence-electron chi connectivity index (χ1n) is 7.73. The molecule has 0 amide bonds. The van der Waals surface area contributed by atoms with Gasteiger partial charge < -0.3 is 10.2 Å². The van der Waals surface area contributed by atoms with Crippen LogP contribution in [0.1, 0.15) is 19.8 Å². The van der Waals surface area contributed by atoms with Crippen molar-refractivity contribution < 1.29 is 8.42 Å². The highest BCUT2D eigenvalue weighted by Gasteiger charge is 2.29. The van der Waals surface area contributed by atoms with Crippen molar-refractivity contribution in [2.45, 2.75) is 24.7 Å². The number of rotatable bonds is 5. The van der Waals surface area contributed by atoms with Gasteiger partial charge in [0.25, 0.3) is 0 Å². The number of piperazine rings is 1. The van der Waals surface area contributed by atoms with E-state index in [2.05, 4.69) is 28.2 Å². The minimum Gasteiger partial charge on any atom is -0.363 e. The van der Waals surface area contributed by atoms with Crippen LogP contribution in [0.15, 0.2) is 33.6 Å². The first-order chi connectivity index (χ1) is 10.9. The molecule has 0 saturated carbocycles. The maximum absolute atomic E-state index is 12.6. The lowest BCUT2D eigenvalue weighted by atomic mass is 10.3. The van der Waals surface area contributed by atoms with Crippen LogP contribution in [0.2, 0.25) is 0 Å². The first-order valence-corrected chi connectivity index (χ1v) is 10.4. The third kappa shape index (κ3) is 4.89. The number of thiocarbonyl (C=S) groups is 1. The molecule has 1 N–H and O–H groups in total. The second-order valence-corrected chi connectivity index (χ2v) is 8.67. The zero-order valence-corrected chi connectivity index (χ0v) is 16.4. The third-order valence-electron chi connectivity index (χ3n) is 3.78. The quantitative estimate of drug-likeness (QED) is 0.586. The van der Waals surface area contributed by atoms with Crippen molar-refractivity contribution in [1.29, 1.82) is 0 Å². The number of unbranched alkanes of at least 4 members (excludes halogenated alkanes) is 1. The van der Waals surface area contributed by atoms with E-state index in [0.717, 1.165) is 29.0 Å². The van der Waals surface area contributed by atoms with Crippen LogP contribution in [0.4, 0.5) is 0 Å². The van der Waals surface area contributed by atoms with Crippen LogP contribution < -0.4 is 5.32 Å². The largest absolute Gasteiger partial charge is 0.363 e. The monoisotopic (exact) mass is 419 g/mol. The van der Waals surface area contributed by atoms with Crippen molar-refractivity contribution in [3.05, 3.63) is 28.7 Å². The standard InChI is InChI=1S/C15H22BrN3O2S2/c1-2-3-8-17-15(22)18-9-11-19(12-10-18)23(20,21)14-6-4-13(16)5-7-14/h4-7H,2-3,8-12H2,1H3,(H,17,22). The number of nitrogens with one attached hydrogen (secondary N) is 1. The van der Waals surface area contributed by atoms with Crippen LogP contribution in [0.5, 0.6) is 0 Å². The van der Waals surface area contributed by atoms with Crippen molar-refractivity contribution in [3.8, 4) is 0 Å². The Hall–Kier alpha value is -0.700. The Morgan fingerprint density at radius 2 is 1.83 bits per heavy atom. The molecule has 23 heavy (non-hydrogen) atoms. The molecule has 1 heterocycles. The molecule has 0 radical (unpaired) electrons. The van der Waals surface area contributed by atoms with E-state index in [1.165, 1.54) is 4.31 Å². The minimum atomic E-state index is -3.43. The maximum atomic E-state index is 12.6. The van der Waals surface area contributed by atoms with E-state index in [0.29, 0.717) is 31.1 Å². The summed E-state index contributed by atoms with van der Waals surface area (Å²) >= 11 is 8.69. The molecule has 1 aliphatic heterocycles. The highest BCUT2D eigenvalue weighted by molar-refractivity contribution is 9.10. The number of hydrogen-bond donors (Lipinski definition) is 1. The zero-order valence-electron chi connectivity index (χ0n) is 13.2. The second-order valence-electron chi connectivity index (χ2n) is 5.43. The number of benzene rings is 1. The molecule has 5 nitrogen and oxygen atoms in total. The minimum absolute atomic E-state index is 0.331. The number of halogens is 1. The molecule has 0 aliphatic carbocycles. The number of hydrogen-bond acceptors (Lipinski definition) is 3. The molecule has 1 aliphatic rings. The molecule has 1 aromatic rings. The third-order valence-corrected chi connectivity index (χ3v) is 6.63. The van der Waals surface area contributed by atoms with Crippen LogP contribution in [-0.2, 0) is 10.0 Å².